The molecule has 1 aromatic carbocycles. The van der Waals surface area contributed by atoms with Crippen LogP contribution >= 0.6 is 12.6 Å². The fourth-order valence-electron chi connectivity index (χ4n) is 2.21. The van der Waals surface area contributed by atoms with Crippen molar-refractivity contribution in [3.63, 3.8) is 0 Å². The summed E-state index contributed by atoms with van der Waals surface area (Å²) in [6, 6.07) is 4.24. The fourth-order valence-corrected chi connectivity index (χ4v) is 4.10. The van der Waals surface area contributed by atoms with Gasteiger partial charge >= 0.3 is 0 Å². The summed E-state index contributed by atoms with van der Waals surface area (Å²) in [5.41, 5.74) is 4.77. The van der Waals surface area contributed by atoms with Gasteiger partial charge in [-0.15, -0.1) is 12.6 Å². The predicted octanol–water partition coefficient (Wildman–Crippen LogP) is 1.89. The lowest BCUT2D eigenvalue weighted by Crippen LogP contribution is -2.54. The summed E-state index contributed by atoms with van der Waals surface area (Å²) in [4.78, 5) is 4.82. The van der Waals surface area contributed by atoms with Gasteiger partial charge in [0.25, 0.3) is 0 Å². The van der Waals surface area contributed by atoms with E-state index in [9.17, 15) is 12.8 Å². The van der Waals surface area contributed by atoms with Crippen LogP contribution in [0.5, 0.6) is 0 Å². The molecule has 0 bridgehead atoms. The van der Waals surface area contributed by atoms with Crippen LogP contribution in [0.25, 0.3) is 0 Å². The monoisotopic (exact) mass is 316 g/mol. The Bertz CT molecular complexity index is 698. The first kappa shape index (κ1) is 15.3. The molecule has 0 amide bonds. The van der Waals surface area contributed by atoms with Crippen LogP contribution in [0.1, 0.15) is 26.3 Å². The molecule has 0 aliphatic carbocycles. The van der Waals surface area contributed by atoms with Gasteiger partial charge in [-0.05, 0) is 39.0 Å². The van der Waals surface area contributed by atoms with Crippen molar-refractivity contribution in [1.82, 2.24) is 0 Å². The predicted molar refractivity (Wildman–Crippen MR) is 80.5 cm³/mol. The van der Waals surface area contributed by atoms with Crippen molar-refractivity contribution in [3.05, 3.63) is 29.6 Å². The second-order valence-corrected chi connectivity index (χ2v) is 8.76. The molecule has 20 heavy (non-hydrogen) atoms. The van der Waals surface area contributed by atoms with E-state index in [1.807, 2.05) is 0 Å². The number of sulfone groups is 1. The molecular weight excluding hydrogens is 299 g/mol. The molecule has 0 unspecified atom stereocenters. The molecule has 0 fully saturated rings. The van der Waals surface area contributed by atoms with Crippen LogP contribution in [0.2, 0.25) is 0 Å². The largest absolute Gasteiger partial charge is 0.386 e. The summed E-state index contributed by atoms with van der Waals surface area (Å²) in [6.45, 7) is 4.58. The number of amidine groups is 1. The van der Waals surface area contributed by atoms with Crippen LogP contribution in [-0.2, 0) is 15.4 Å². The highest BCUT2D eigenvalue weighted by Crippen LogP contribution is 2.38. The Morgan fingerprint density at radius 1 is 1.35 bits per heavy atom. The zero-order valence-corrected chi connectivity index (χ0v) is 13.2. The third-order valence-electron chi connectivity index (χ3n) is 3.76. The zero-order valence-electron chi connectivity index (χ0n) is 11.5. The maximum atomic E-state index is 14.0. The molecule has 1 aliphatic rings. The number of hydrogen-bond acceptors (Lipinski definition) is 5. The van der Waals surface area contributed by atoms with Gasteiger partial charge in [-0.3, -0.25) is 4.99 Å². The fraction of sp³-hybridized carbons (Fsp3) is 0.462. The van der Waals surface area contributed by atoms with Gasteiger partial charge in [0.1, 0.15) is 21.9 Å². The van der Waals surface area contributed by atoms with Crippen molar-refractivity contribution in [2.75, 3.05) is 5.75 Å². The number of nitrogens with two attached hydrogens (primary N) is 1. The molecule has 1 aliphatic heterocycles. The standard InChI is InChI=1S/C13H17FN2O2S2/c1-12(2)11(15)16-13(3,7-20(12,17)18)9-6-8(19)4-5-10(9)14/h4-6,19H,7H2,1-3H3,(H2,15,16)/t13-/m0/s1. The molecular formula is C13H17FN2O2S2. The molecule has 0 saturated heterocycles. The van der Waals surface area contributed by atoms with E-state index < -0.39 is 25.9 Å². The lowest BCUT2D eigenvalue weighted by atomic mass is 9.93. The zero-order chi connectivity index (χ0) is 15.3. The van der Waals surface area contributed by atoms with Gasteiger partial charge in [0.15, 0.2) is 9.84 Å². The second-order valence-electron chi connectivity index (χ2n) is 5.70. The molecule has 7 heteroatoms. The molecule has 1 atom stereocenters. The average molecular weight is 316 g/mol. The van der Waals surface area contributed by atoms with E-state index in [1.165, 1.54) is 32.0 Å². The second kappa shape index (κ2) is 4.46. The molecule has 2 N–H and O–H groups in total. The van der Waals surface area contributed by atoms with Crippen LogP contribution in [0.15, 0.2) is 28.1 Å². The molecule has 1 heterocycles. The summed E-state index contributed by atoms with van der Waals surface area (Å²) in [5.74, 6) is -0.811. The maximum absolute atomic E-state index is 14.0. The Morgan fingerprint density at radius 3 is 2.50 bits per heavy atom. The van der Waals surface area contributed by atoms with Gasteiger partial charge in [0, 0.05) is 10.5 Å². The minimum atomic E-state index is -3.54. The maximum Gasteiger partial charge on any atom is 0.165 e. The van der Waals surface area contributed by atoms with E-state index >= 15 is 0 Å². The van der Waals surface area contributed by atoms with Crippen LogP contribution in [0.3, 0.4) is 0 Å². The molecule has 1 aromatic rings. The van der Waals surface area contributed by atoms with E-state index in [0.717, 1.165) is 0 Å². The number of aliphatic imine (C=N–C) groups is 1. The number of benzene rings is 1. The van der Waals surface area contributed by atoms with Crippen LogP contribution in [0, 0.1) is 5.82 Å². The molecule has 4 nitrogen and oxygen atoms in total. The topological polar surface area (TPSA) is 72.5 Å². The molecule has 110 valence electrons. The van der Waals surface area contributed by atoms with Gasteiger partial charge in [-0.1, -0.05) is 0 Å². The van der Waals surface area contributed by atoms with Crippen LogP contribution in [-0.4, -0.2) is 24.8 Å². The quantitative estimate of drug-likeness (QED) is 0.777. The Hall–Kier alpha value is -1.08. The number of thiol groups is 1. The van der Waals surface area contributed by atoms with E-state index in [-0.39, 0.29) is 17.2 Å². The first-order valence-electron chi connectivity index (χ1n) is 6.07. The van der Waals surface area contributed by atoms with Crippen molar-refractivity contribution >= 4 is 28.3 Å². The first-order chi connectivity index (χ1) is 8.99. The van der Waals surface area contributed by atoms with Crippen LogP contribution < -0.4 is 5.73 Å². The van der Waals surface area contributed by atoms with Gasteiger partial charge in [-0.2, -0.15) is 0 Å². The SMILES string of the molecule is CC1(C)C(N)=N[C@](C)(c2cc(S)ccc2F)CS1(=O)=O. The first-order valence-corrected chi connectivity index (χ1v) is 8.17. The number of nitrogens with zero attached hydrogens (tertiary/aromatic N) is 1. The number of hydrogen-bond donors (Lipinski definition) is 2. The lowest BCUT2D eigenvalue weighted by Gasteiger charge is -2.37. The van der Waals surface area contributed by atoms with Crippen molar-refractivity contribution < 1.29 is 12.8 Å². The summed E-state index contributed by atoms with van der Waals surface area (Å²) in [6.07, 6.45) is 0. The highest BCUT2D eigenvalue weighted by Gasteiger charge is 2.49. The van der Waals surface area contributed by atoms with E-state index in [0.29, 0.717) is 4.90 Å². The van der Waals surface area contributed by atoms with Gasteiger partial charge in [0.05, 0.1) is 5.75 Å². The molecule has 0 radical (unpaired) electrons. The van der Waals surface area contributed by atoms with Crippen LogP contribution in [0.4, 0.5) is 4.39 Å². The minimum Gasteiger partial charge on any atom is -0.386 e. The molecule has 0 saturated carbocycles. The smallest absolute Gasteiger partial charge is 0.165 e. The minimum absolute atomic E-state index is 0.00443. The van der Waals surface area contributed by atoms with E-state index in [2.05, 4.69) is 17.6 Å². The Morgan fingerprint density at radius 2 is 1.95 bits per heavy atom. The van der Waals surface area contributed by atoms with Crippen molar-refractivity contribution in [2.24, 2.45) is 10.7 Å². The molecule has 0 aromatic heterocycles. The number of rotatable bonds is 1. The molecule has 2 rings (SSSR count). The molecule has 0 spiro atoms. The highest BCUT2D eigenvalue weighted by molar-refractivity contribution is 7.93. The van der Waals surface area contributed by atoms with Gasteiger partial charge < -0.3 is 5.73 Å². The van der Waals surface area contributed by atoms with Gasteiger partial charge in [-0.25, -0.2) is 12.8 Å². The third kappa shape index (κ3) is 2.22. The summed E-state index contributed by atoms with van der Waals surface area (Å²) >= 11 is 4.16. The lowest BCUT2D eigenvalue weighted by molar-refractivity contribution is 0.474. The Balaban J connectivity index is 2.69. The van der Waals surface area contributed by atoms with Crippen molar-refractivity contribution in [1.29, 1.82) is 0 Å². The van der Waals surface area contributed by atoms with E-state index in [1.54, 1.807) is 6.92 Å². The summed E-state index contributed by atoms with van der Waals surface area (Å²) in [7, 11) is -3.54. The van der Waals surface area contributed by atoms with Crippen molar-refractivity contribution in [3.8, 4) is 0 Å². The Labute approximate surface area is 123 Å². The average Bonchev–Trinajstić information content (AvgIpc) is 2.29. The van der Waals surface area contributed by atoms with Gasteiger partial charge in [0.2, 0.25) is 0 Å². The number of halogens is 1. The summed E-state index contributed by atoms with van der Waals surface area (Å²) < 4.78 is 37.6. The highest BCUT2D eigenvalue weighted by atomic mass is 32.2. The van der Waals surface area contributed by atoms with E-state index in [4.69, 9.17) is 5.73 Å². The van der Waals surface area contributed by atoms with Crippen molar-refractivity contribution in [2.45, 2.75) is 36.0 Å². The summed E-state index contributed by atoms with van der Waals surface area (Å²) in [5, 5.41) is 0. The normalized spacial score (nSPS) is 27.9. The third-order valence-corrected chi connectivity index (χ3v) is 6.75. The Kier molecular flexibility index (Phi) is 3.41.